The highest BCUT2D eigenvalue weighted by molar-refractivity contribution is 6.37. The fraction of sp³-hybridized carbons (Fsp3) is 0.308. The molecule has 0 spiro atoms. The van der Waals surface area contributed by atoms with Gasteiger partial charge in [0.05, 0.1) is 18.2 Å². The van der Waals surface area contributed by atoms with E-state index in [2.05, 4.69) is 41.3 Å². The zero-order chi connectivity index (χ0) is 20.9. The molecule has 30 heavy (non-hydrogen) atoms. The van der Waals surface area contributed by atoms with Crippen molar-refractivity contribution in [1.82, 2.24) is 4.90 Å². The van der Waals surface area contributed by atoms with E-state index in [0.29, 0.717) is 10.8 Å². The maximum absolute atomic E-state index is 10.7. The molecule has 1 atom stereocenters. The third-order valence-corrected chi connectivity index (χ3v) is 6.32. The summed E-state index contributed by atoms with van der Waals surface area (Å²) in [5, 5.41) is 13.3. The van der Waals surface area contributed by atoms with Gasteiger partial charge in [0, 0.05) is 25.0 Å². The first-order chi connectivity index (χ1) is 14.6. The van der Waals surface area contributed by atoms with Gasteiger partial charge in [0.2, 0.25) is 0 Å². The highest BCUT2D eigenvalue weighted by Gasteiger charge is 2.16. The van der Waals surface area contributed by atoms with Gasteiger partial charge in [-0.2, -0.15) is 0 Å². The zero-order valence-corrected chi connectivity index (χ0v) is 18.1. The second kappa shape index (κ2) is 9.65. The van der Waals surface area contributed by atoms with Gasteiger partial charge >= 0.3 is 0 Å². The topological polar surface area (TPSA) is 32.7 Å². The van der Waals surface area contributed by atoms with Crippen molar-refractivity contribution < 1.29 is 9.84 Å². The van der Waals surface area contributed by atoms with E-state index in [4.69, 9.17) is 16.3 Å². The van der Waals surface area contributed by atoms with Crippen molar-refractivity contribution in [2.75, 3.05) is 26.7 Å². The maximum atomic E-state index is 10.7. The lowest BCUT2D eigenvalue weighted by Crippen LogP contribution is -2.32. The number of likely N-dealkylation sites (tertiary alicyclic amines) is 1. The van der Waals surface area contributed by atoms with Crippen LogP contribution in [0.15, 0.2) is 66.2 Å². The summed E-state index contributed by atoms with van der Waals surface area (Å²) < 4.78 is 5.29. The van der Waals surface area contributed by atoms with E-state index in [-0.39, 0.29) is 0 Å². The van der Waals surface area contributed by atoms with Crippen LogP contribution in [0.4, 0.5) is 0 Å². The lowest BCUT2D eigenvalue weighted by Gasteiger charge is -2.29. The predicted octanol–water partition coefficient (Wildman–Crippen LogP) is 6.10. The molecule has 1 aliphatic heterocycles. The van der Waals surface area contributed by atoms with E-state index < -0.39 is 6.10 Å². The van der Waals surface area contributed by atoms with E-state index in [1.54, 1.807) is 7.11 Å². The molecular formula is C26H28ClNO2. The highest BCUT2D eigenvalue weighted by Crippen LogP contribution is 2.34. The molecule has 156 valence electrons. The monoisotopic (exact) mass is 421 g/mol. The molecular weight excluding hydrogens is 394 g/mol. The number of rotatable bonds is 6. The van der Waals surface area contributed by atoms with E-state index in [0.717, 1.165) is 55.2 Å². The normalized spacial score (nSPS) is 15.9. The molecule has 0 aliphatic carbocycles. The standard InChI is InChI=1S/C26H28ClNO2/c1-30-25-10-8-21-18-22(7-9-23(21)26(25)27)24(29)13-16-28-14-11-20(12-15-28)17-19-5-3-2-4-6-19/h2-10,17-18,24,29H,11-16H2,1H3. The molecule has 3 aromatic carbocycles. The molecule has 1 unspecified atom stereocenters. The molecule has 0 amide bonds. The maximum Gasteiger partial charge on any atom is 0.138 e. The average molecular weight is 422 g/mol. The van der Waals surface area contributed by atoms with Crippen molar-refractivity contribution in [3.63, 3.8) is 0 Å². The Morgan fingerprint density at radius 2 is 1.83 bits per heavy atom. The van der Waals surface area contributed by atoms with Crippen molar-refractivity contribution in [2.45, 2.75) is 25.4 Å². The Balaban J connectivity index is 1.33. The summed E-state index contributed by atoms with van der Waals surface area (Å²) in [5.41, 5.74) is 3.73. The number of fused-ring (bicyclic) bond motifs is 1. The van der Waals surface area contributed by atoms with Gasteiger partial charge in [0.15, 0.2) is 0 Å². The SMILES string of the molecule is COc1ccc2cc(C(O)CCN3CCC(=Cc4ccccc4)CC3)ccc2c1Cl. The van der Waals surface area contributed by atoms with Crippen molar-refractivity contribution in [3.8, 4) is 5.75 Å². The molecule has 0 bridgehead atoms. The van der Waals surface area contributed by atoms with Gasteiger partial charge in [0.1, 0.15) is 5.75 Å². The number of nitrogens with zero attached hydrogens (tertiary/aromatic N) is 1. The molecule has 1 fully saturated rings. The van der Waals surface area contributed by atoms with Crippen LogP contribution < -0.4 is 4.74 Å². The van der Waals surface area contributed by atoms with Crippen LogP contribution in [0.5, 0.6) is 5.75 Å². The second-order valence-corrected chi connectivity index (χ2v) is 8.30. The number of aliphatic hydroxyl groups is 1. The molecule has 4 rings (SSSR count). The minimum absolute atomic E-state index is 0.475. The largest absolute Gasteiger partial charge is 0.495 e. The molecule has 1 aliphatic rings. The Labute approximate surface area is 183 Å². The Bertz CT molecular complexity index is 1020. The van der Waals surface area contributed by atoms with Crippen LogP contribution >= 0.6 is 11.6 Å². The first-order valence-corrected chi connectivity index (χ1v) is 10.9. The summed E-state index contributed by atoms with van der Waals surface area (Å²) in [5.74, 6) is 0.670. The number of hydrogen-bond acceptors (Lipinski definition) is 3. The van der Waals surface area contributed by atoms with Gasteiger partial charge in [-0.3, -0.25) is 0 Å². The summed E-state index contributed by atoms with van der Waals surface area (Å²) >= 11 is 6.40. The molecule has 4 heteroatoms. The van der Waals surface area contributed by atoms with Crippen LogP contribution in [-0.4, -0.2) is 36.8 Å². The van der Waals surface area contributed by atoms with Crippen LogP contribution in [0.3, 0.4) is 0 Å². The van der Waals surface area contributed by atoms with Crippen molar-refractivity contribution in [1.29, 1.82) is 0 Å². The Hall–Kier alpha value is -2.33. The van der Waals surface area contributed by atoms with E-state index in [9.17, 15) is 5.11 Å². The van der Waals surface area contributed by atoms with Crippen molar-refractivity contribution in [2.24, 2.45) is 0 Å². The quantitative estimate of drug-likeness (QED) is 0.521. The third kappa shape index (κ3) is 4.86. The first-order valence-electron chi connectivity index (χ1n) is 10.5. The summed E-state index contributed by atoms with van der Waals surface area (Å²) in [7, 11) is 1.62. The molecule has 3 nitrogen and oxygen atoms in total. The number of hydrogen-bond donors (Lipinski definition) is 1. The van der Waals surface area contributed by atoms with Gasteiger partial charge in [-0.05, 0) is 47.9 Å². The first kappa shape index (κ1) is 20.9. The average Bonchev–Trinajstić information content (AvgIpc) is 2.79. The number of piperidine rings is 1. The third-order valence-electron chi connectivity index (χ3n) is 5.93. The molecule has 0 radical (unpaired) electrons. The number of halogens is 1. The number of methoxy groups -OCH3 is 1. The highest BCUT2D eigenvalue weighted by atomic mass is 35.5. The Morgan fingerprint density at radius 3 is 2.57 bits per heavy atom. The fourth-order valence-electron chi connectivity index (χ4n) is 4.12. The van der Waals surface area contributed by atoms with Crippen LogP contribution in [0.1, 0.15) is 36.5 Å². The summed E-state index contributed by atoms with van der Waals surface area (Å²) in [6.45, 7) is 3.01. The number of benzene rings is 3. The van der Waals surface area contributed by atoms with Gasteiger partial charge in [-0.25, -0.2) is 0 Å². The molecule has 1 saturated heterocycles. The molecule has 0 aromatic heterocycles. The summed E-state index contributed by atoms with van der Waals surface area (Å²) in [4.78, 5) is 2.45. The van der Waals surface area contributed by atoms with E-state index in [1.165, 1.54) is 11.1 Å². The molecule has 3 aromatic rings. The van der Waals surface area contributed by atoms with E-state index in [1.807, 2.05) is 30.3 Å². The van der Waals surface area contributed by atoms with Gasteiger partial charge in [-0.1, -0.05) is 71.8 Å². The Kier molecular flexibility index (Phi) is 6.73. The minimum Gasteiger partial charge on any atom is -0.495 e. The smallest absolute Gasteiger partial charge is 0.138 e. The molecule has 0 saturated carbocycles. The van der Waals surface area contributed by atoms with Crippen LogP contribution in [0.2, 0.25) is 5.02 Å². The summed E-state index contributed by atoms with van der Waals surface area (Å²) in [6.07, 6.45) is 4.77. The second-order valence-electron chi connectivity index (χ2n) is 7.92. The lowest BCUT2D eigenvalue weighted by atomic mass is 9.99. The van der Waals surface area contributed by atoms with Gasteiger partial charge < -0.3 is 14.7 Å². The molecule has 1 N–H and O–H groups in total. The number of ether oxygens (including phenoxy) is 1. The van der Waals surface area contributed by atoms with Crippen molar-refractivity contribution in [3.05, 3.63) is 82.4 Å². The van der Waals surface area contributed by atoms with Crippen LogP contribution in [0, 0.1) is 0 Å². The Morgan fingerprint density at radius 1 is 1.07 bits per heavy atom. The molecule has 1 heterocycles. The fourth-order valence-corrected chi connectivity index (χ4v) is 4.43. The van der Waals surface area contributed by atoms with Gasteiger partial charge in [0.25, 0.3) is 0 Å². The van der Waals surface area contributed by atoms with E-state index >= 15 is 0 Å². The summed E-state index contributed by atoms with van der Waals surface area (Å²) in [6, 6.07) is 20.4. The zero-order valence-electron chi connectivity index (χ0n) is 17.4. The van der Waals surface area contributed by atoms with Gasteiger partial charge in [-0.15, -0.1) is 0 Å². The number of aliphatic hydroxyl groups excluding tert-OH is 1. The minimum atomic E-state index is -0.475. The predicted molar refractivity (Wildman–Crippen MR) is 125 cm³/mol. The van der Waals surface area contributed by atoms with Crippen molar-refractivity contribution >= 4 is 28.4 Å². The van der Waals surface area contributed by atoms with Crippen LogP contribution in [-0.2, 0) is 0 Å². The van der Waals surface area contributed by atoms with Crippen LogP contribution in [0.25, 0.3) is 16.8 Å². The lowest BCUT2D eigenvalue weighted by molar-refractivity contribution is 0.139.